The van der Waals surface area contributed by atoms with Crippen molar-refractivity contribution in [3.8, 4) is 17.1 Å². The lowest BCUT2D eigenvalue weighted by molar-refractivity contribution is -0.139. The van der Waals surface area contributed by atoms with E-state index in [9.17, 15) is 4.79 Å². The molecule has 2 aromatic carbocycles. The SMILES string of the molecule is C=CC(=O)OCC(C)COc1ccc2cc(-c3ccccc3CC)oc2c1. The zero-order valence-electron chi connectivity index (χ0n) is 15.7. The summed E-state index contributed by atoms with van der Waals surface area (Å²) in [6.45, 7) is 8.22. The fourth-order valence-corrected chi connectivity index (χ4v) is 2.87. The van der Waals surface area contributed by atoms with E-state index in [-0.39, 0.29) is 5.92 Å². The Kier molecular flexibility index (Phi) is 5.97. The van der Waals surface area contributed by atoms with Crippen LogP contribution in [-0.2, 0) is 16.0 Å². The van der Waals surface area contributed by atoms with Gasteiger partial charge in [0, 0.05) is 29.0 Å². The average molecular weight is 364 g/mol. The molecule has 4 heteroatoms. The van der Waals surface area contributed by atoms with E-state index in [2.05, 4.69) is 31.7 Å². The average Bonchev–Trinajstić information content (AvgIpc) is 3.13. The second-order valence-corrected chi connectivity index (χ2v) is 6.57. The summed E-state index contributed by atoms with van der Waals surface area (Å²) in [6, 6.07) is 16.2. The third-order valence-electron chi connectivity index (χ3n) is 4.37. The molecule has 4 nitrogen and oxygen atoms in total. The van der Waals surface area contributed by atoms with E-state index in [1.165, 1.54) is 5.56 Å². The zero-order valence-corrected chi connectivity index (χ0v) is 15.7. The number of fused-ring (bicyclic) bond motifs is 1. The molecular weight excluding hydrogens is 340 g/mol. The predicted molar refractivity (Wildman–Crippen MR) is 107 cm³/mol. The number of hydrogen-bond donors (Lipinski definition) is 0. The highest BCUT2D eigenvalue weighted by Gasteiger charge is 2.11. The summed E-state index contributed by atoms with van der Waals surface area (Å²) in [6.07, 6.45) is 2.11. The molecule has 0 aliphatic carbocycles. The monoisotopic (exact) mass is 364 g/mol. The van der Waals surface area contributed by atoms with Crippen molar-refractivity contribution < 1.29 is 18.7 Å². The minimum atomic E-state index is -0.418. The van der Waals surface area contributed by atoms with Crippen LogP contribution in [0.5, 0.6) is 5.75 Å². The highest BCUT2D eigenvalue weighted by Crippen LogP contribution is 2.32. The first kappa shape index (κ1) is 18.8. The molecule has 0 aliphatic rings. The maximum atomic E-state index is 11.1. The van der Waals surface area contributed by atoms with Crippen LogP contribution in [0.4, 0.5) is 0 Å². The van der Waals surface area contributed by atoms with Gasteiger partial charge in [0.1, 0.15) is 17.1 Å². The summed E-state index contributed by atoms with van der Waals surface area (Å²) in [5, 5.41) is 1.04. The van der Waals surface area contributed by atoms with E-state index in [0.717, 1.165) is 40.5 Å². The Morgan fingerprint density at radius 1 is 1.19 bits per heavy atom. The molecule has 0 spiro atoms. The summed E-state index contributed by atoms with van der Waals surface area (Å²) in [5.41, 5.74) is 3.17. The van der Waals surface area contributed by atoms with Gasteiger partial charge in [0.2, 0.25) is 0 Å². The van der Waals surface area contributed by atoms with Crippen molar-refractivity contribution in [3.05, 3.63) is 66.7 Å². The standard InChI is InChI=1S/C23H24O4/c1-4-17-8-6-7-9-20(17)22-12-18-10-11-19(13-21(18)27-22)25-14-16(3)15-26-23(24)5-2/h5-13,16H,2,4,14-15H2,1,3H3. The second-order valence-electron chi connectivity index (χ2n) is 6.57. The lowest BCUT2D eigenvalue weighted by atomic mass is 10.0. The van der Waals surface area contributed by atoms with Crippen molar-refractivity contribution in [2.24, 2.45) is 5.92 Å². The quantitative estimate of drug-likeness (QED) is 0.396. The Bertz CT molecular complexity index is 938. The maximum Gasteiger partial charge on any atom is 0.330 e. The van der Waals surface area contributed by atoms with Crippen LogP contribution in [-0.4, -0.2) is 19.2 Å². The fourth-order valence-electron chi connectivity index (χ4n) is 2.87. The highest BCUT2D eigenvalue weighted by molar-refractivity contribution is 5.84. The molecule has 0 aliphatic heterocycles. The van der Waals surface area contributed by atoms with Crippen LogP contribution < -0.4 is 4.74 Å². The van der Waals surface area contributed by atoms with Crippen molar-refractivity contribution >= 4 is 16.9 Å². The van der Waals surface area contributed by atoms with Gasteiger partial charge in [-0.05, 0) is 30.2 Å². The smallest absolute Gasteiger partial charge is 0.330 e. The van der Waals surface area contributed by atoms with Crippen LogP contribution in [0.3, 0.4) is 0 Å². The third-order valence-corrected chi connectivity index (χ3v) is 4.37. The molecule has 0 fully saturated rings. The summed E-state index contributed by atoms with van der Waals surface area (Å²) in [5.74, 6) is 1.25. The summed E-state index contributed by atoms with van der Waals surface area (Å²) in [7, 11) is 0. The Morgan fingerprint density at radius 2 is 2.00 bits per heavy atom. The van der Waals surface area contributed by atoms with Crippen LogP contribution in [0.25, 0.3) is 22.3 Å². The third kappa shape index (κ3) is 4.59. The topological polar surface area (TPSA) is 48.7 Å². The molecule has 0 saturated heterocycles. The van der Waals surface area contributed by atoms with Gasteiger partial charge in [-0.25, -0.2) is 4.79 Å². The minimum absolute atomic E-state index is 0.0770. The van der Waals surface area contributed by atoms with E-state index in [1.54, 1.807) is 0 Å². The van der Waals surface area contributed by atoms with Crippen LogP contribution >= 0.6 is 0 Å². The molecule has 1 aromatic heterocycles. The molecule has 1 atom stereocenters. The predicted octanol–water partition coefficient (Wildman–Crippen LogP) is 5.41. The molecule has 0 bridgehead atoms. The lowest BCUT2D eigenvalue weighted by Gasteiger charge is -2.12. The largest absolute Gasteiger partial charge is 0.493 e. The van der Waals surface area contributed by atoms with Crippen LogP contribution in [0.1, 0.15) is 19.4 Å². The van der Waals surface area contributed by atoms with Gasteiger partial charge < -0.3 is 13.9 Å². The Hall–Kier alpha value is -3.01. The molecule has 140 valence electrons. The number of esters is 1. The van der Waals surface area contributed by atoms with E-state index >= 15 is 0 Å². The molecule has 1 heterocycles. The van der Waals surface area contributed by atoms with Gasteiger partial charge in [0.05, 0.1) is 13.2 Å². The fraction of sp³-hybridized carbons (Fsp3) is 0.261. The van der Waals surface area contributed by atoms with Gasteiger partial charge in [-0.15, -0.1) is 0 Å². The molecule has 0 radical (unpaired) electrons. The summed E-state index contributed by atoms with van der Waals surface area (Å²) < 4.78 is 16.9. The van der Waals surface area contributed by atoms with Crippen LogP contribution in [0.2, 0.25) is 0 Å². The molecule has 0 N–H and O–H groups in total. The molecule has 3 aromatic rings. The Morgan fingerprint density at radius 3 is 2.78 bits per heavy atom. The molecule has 1 unspecified atom stereocenters. The number of aryl methyl sites for hydroxylation is 1. The van der Waals surface area contributed by atoms with Gasteiger partial charge in [0.25, 0.3) is 0 Å². The number of furan rings is 1. The van der Waals surface area contributed by atoms with Crippen LogP contribution in [0.15, 0.2) is 65.6 Å². The number of rotatable bonds is 8. The van der Waals surface area contributed by atoms with Gasteiger partial charge in [-0.2, -0.15) is 0 Å². The van der Waals surface area contributed by atoms with Gasteiger partial charge in [-0.1, -0.05) is 44.7 Å². The van der Waals surface area contributed by atoms with Gasteiger partial charge >= 0.3 is 5.97 Å². The Balaban J connectivity index is 1.70. The van der Waals surface area contributed by atoms with E-state index in [0.29, 0.717) is 13.2 Å². The first-order chi connectivity index (χ1) is 13.1. The van der Waals surface area contributed by atoms with Crippen LogP contribution in [0, 0.1) is 5.92 Å². The second kappa shape index (κ2) is 8.58. The first-order valence-electron chi connectivity index (χ1n) is 9.14. The first-order valence-corrected chi connectivity index (χ1v) is 9.14. The van der Waals surface area contributed by atoms with Crippen molar-refractivity contribution in [2.45, 2.75) is 20.3 Å². The molecular formula is C23H24O4. The van der Waals surface area contributed by atoms with E-state index in [4.69, 9.17) is 13.9 Å². The van der Waals surface area contributed by atoms with Crippen molar-refractivity contribution in [1.82, 2.24) is 0 Å². The lowest BCUT2D eigenvalue weighted by Crippen LogP contribution is -2.16. The van der Waals surface area contributed by atoms with Crippen molar-refractivity contribution in [1.29, 1.82) is 0 Å². The summed E-state index contributed by atoms with van der Waals surface area (Å²) >= 11 is 0. The maximum absolute atomic E-state index is 11.1. The molecule has 27 heavy (non-hydrogen) atoms. The summed E-state index contributed by atoms with van der Waals surface area (Å²) in [4.78, 5) is 11.1. The highest BCUT2D eigenvalue weighted by atomic mass is 16.5. The molecule has 0 saturated carbocycles. The van der Waals surface area contributed by atoms with E-state index < -0.39 is 5.97 Å². The minimum Gasteiger partial charge on any atom is -0.493 e. The van der Waals surface area contributed by atoms with Gasteiger partial charge in [-0.3, -0.25) is 0 Å². The number of carbonyl (C=O) groups excluding carboxylic acids is 1. The normalized spacial score (nSPS) is 11.9. The number of benzene rings is 2. The van der Waals surface area contributed by atoms with E-state index in [1.807, 2.05) is 37.3 Å². The molecule has 0 amide bonds. The number of hydrogen-bond acceptors (Lipinski definition) is 4. The van der Waals surface area contributed by atoms with Crippen molar-refractivity contribution in [3.63, 3.8) is 0 Å². The number of ether oxygens (including phenoxy) is 2. The van der Waals surface area contributed by atoms with Gasteiger partial charge in [0.15, 0.2) is 0 Å². The Labute approximate surface area is 159 Å². The zero-order chi connectivity index (χ0) is 19.2. The van der Waals surface area contributed by atoms with Crippen molar-refractivity contribution in [2.75, 3.05) is 13.2 Å². The molecule has 3 rings (SSSR count). The number of carbonyl (C=O) groups is 1.